The molecule has 4 rings (SSSR count). The van der Waals surface area contributed by atoms with Crippen LogP contribution in [0.3, 0.4) is 0 Å². The number of benzene rings is 2. The average molecular weight is 601 g/mol. The zero-order valence-electron chi connectivity index (χ0n) is 22.3. The molecule has 0 fully saturated rings. The van der Waals surface area contributed by atoms with Gasteiger partial charge in [-0.1, -0.05) is 18.2 Å². The summed E-state index contributed by atoms with van der Waals surface area (Å²) in [4.78, 5) is 36.9. The summed E-state index contributed by atoms with van der Waals surface area (Å²) in [6.07, 6.45) is 4.19. The predicted molar refractivity (Wildman–Crippen MR) is 152 cm³/mol. The van der Waals surface area contributed by atoms with Crippen LogP contribution in [0.1, 0.15) is 44.8 Å². The highest BCUT2D eigenvalue weighted by atomic mass is 32.2. The van der Waals surface area contributed by atoms with E-state index in [4.69, 9.17) is 4.74 Å². The lowest BCUT2D eigenvalue weighted by Gasteiger charge is -2.17. The number of hydrogen-bond acceptors (Lipinski definition) is 8. The first-order chi connectivity index (χ1) is 19.5. The van der Waals surface area contributed by atoms with Gasteiger partial charge in [-0.15, -0.1) is 11.3 Å². The van der Waals surface area contributed by atoms with E-state index < -0.39 is 39.3 Å². The Bertz CT molecular complexity index is 1600. The Balaban J connectivity index is 1.55. The number of carboxylic acids is 1. The summed E-state index contributed by atoms with van der Waals surface area (Å²) in [5.41, 5.74) is 2.73. The van der Waals surface area contributed by atoms with Crippen LogP contribution in [0.5, 0.6) is 0 Å². The maximum Gasteiger partial charge on any atom is 0.326 e. The number of nitrogens with one attached hydrogen (secondary N) is 2. The number of sulfone groups is 1. The van der Waals surface area contributed by atoms with Gasteiger partial charge in [-0.05, 0) is 54.3 Å². The van der Waals surface area contributed by atoms with Crippen LogP contribution in [-0.4, -0.2) is 65.0 Å². The van der Waals surface area contributed by atoms with E-state index in [2.05, 4.69) is 20.3 Å². The summed E-state index contributed by atoms with van der Waals surface area (Å²) in [5, 5.41) is 14.7. The first-order valence-corrected chi connectivity index (χ1v) is 15.5. The van der Waals surface area contributed by atoms with Gasteiger partial charge in [0, 0.05) is 35.3 Å². The van der Waals surface area contributed by atoms with Gasteiger partial charge in [0.25, 0.3) is 5.91 Å². The van der Waals surface area contributed by atoms with Crippen LogP contribution < -0.4 is 5.32 Å². The average Bonchev–Trinajstić information content (AvgIpc) is 3.61. The number of aromatic amines is 1. The van der Waals surface area contributed by atoms with Gasteiger partial charge in [0.15, 0.2) is 0 Å². The number of halogens is 1. The number of carbonyl (C=O) groups excluding carboxylic acids is 1. The van der Waals surface area contributed by atoms with Crippen molar-refractivity contribution in [3.05, 3.63) is 93.7 Å². The lowest BCUT2D eigenvalue weighted by atomic mass is 9.96. The van der Waals surface area contributed by atoms with Gasteiger partial charge in [0.2, 0.25) is 0 Å². The summed E-state index contributed by atoms with van der Waals surface area (Å²) >= 11 is 1.51. The number of H-pyrrole nitrogens is 1. The minimum Gasteiger partial charge on any atom is -0.480 e. The van der Waals surface area contributed by atoms with E-state index in [-0.39, 0.29) is 24.5 Å². The zero-order chi connectivity index (χ0) is 29.6. The number of ether oxygens (including phenoxy) is 1. The van der Waals surface area contributed by atoms with Crippen molar-refractivity contribution >= 4 is 33.1 Å². The first kappa shape index (κ1) is 30.0. The quantitative estimate of drug-likeness (QED) is 0.209. The molecule has 0 aliphatic heterocycles. The molecule has 0 saturated carbocycles. The van der Waals surface area contributed by atoms with Crippen LogP contribution in [0.4, 0.5) is 4.39 Å². The van der Waals surface area contributed by atoms with Gasteiger partial charge in [-0.3, -0.25) is 4.79 Å². The van der Waals surface area contributed by atoms with Crippen LogP contribution in [-0.2, 0) is 26.0 Å². The largest absolute Gasteiger partial charge is 0.480 e. The van der Waals surface area contributed by atoms with Gasteiger partial charge in [-0.2, -0.15) is 0 Å². The summed E-state index contributed by atoms with van der Waals surface area (Å²) < 4.78 is 42.8. The maximum absolute atomic E-state index is 13.7. The molecule has 0 radical (unpaired) electrons. The number of amides is 1. The van der Waals surface area contributed by atoms with Gasteiger partial charge in [0.1, 0.15) is 32.5 Å². The van der Waals surface area contributed by atoms with E-state index in [0.717, 1.165) is 28.3 Å². The van der Waals surface area contributed by atoms with E-state index in [1.807, 2.05) is 12.3 Å². The van der Waals surface area contributed by atoms with Gasteiger partial charge >= 0.3 is 5.97 Å². The molecule has 2 aromatic carbocycles. The molecule has 0 bridgehead atoms. The number of aromatic nitrogens is 3. The maximum atomic E-state index is 13.7. The van der Waals surface area contributed by atoms with Crippen LogP contribution in [0, 0.1) is 12.7 Å². The number of rotatable bonds is 13. The third kappa shape index (κ3) is 8.28. The Labute approximate surface area is 240 Å². The lowest BCUT2D eigenvalue weighted by molar-refractivity contribution is -0.139. The smallest absolute Gasteiger partial charge is 0.326 e. The fraction of sp³-hybridized carbons (Fsp3) is 0.286. The molecule has 2 heterocycles. The highest BCUT2D eigenvalue weighted by molar-refractivity contribution is 7.90. The number of thiazole rings is 1. The van der Waals surface area contributed by atoms with Crippen molar-refractivity contribution < 1.29 is 32.2 Å². The molecule has 1 unspecified atom stereocenters. The van der Waals surface area contributed by atoms with Crippen molar-refractivity contribution in [1.29, 1.82) is 0 Å². The molecule has 1 amide bonds. The number of hydrogen-bond donors (Lipinski definition) is 3. The Hall–Kier alpha value is -3.94. The summed E-state index contributed by atoms with van der Waals surface area (Å²) in [7, 11) is -3.43. The number of aryl methyl sites for hydroxylation is 1. The minimum atomic E-state index is -3.43. The molecule has 2 aromatic heterocycles. The molecular weight excluding hydrogens is 571 g/mol. The van der Waals surface area contributed by atoms with E-state index in [0.29, 0.717) is 17.7 Å². The molecule has 10 nitrogen and oxygen atoms in total. The summed E-state index contributed by atoms with van der Waals surface area (Å²) in [6, 6.07) is 9.11. The second kappa shape index (κ2) is 13.1. The molecule has 216 valence electrons. The molecule has 41 heavy (non-hydrogen) atoms. The zero-order valence-corrected chi connectivity index (χ0v) is 24.0. The third-order valence-electron chi connectivity index (χ3n) is 6.27. The molecule has 13 heteroatoms. The number of carboxylic acid groups (broad SMARTS) is 1. The highest BCUT2D eigenvalue weighted by Gasteiger charge is 2.24. The van der Waals surface area contributed by atoms with Crippen molar-refractivity contribution in [3.63, 3.8) is 0 Å². The molecule has 0 aliphatic carbocycles. The van der Waals surface area contributed by atoms with Crippen LogP contribution in [0.25, 0.3) is 11.1 Å². The Kier molecular flexibility index (Phi) is 9.63. The van der Waals surface area contributed by atoms with Gasteiger partial charge < -0.3 is 20.1 Å². The standard InChI is InChI=1S/C28H29FN4O6S2/c1-17-31-14-25(32-17)23(27-30-10-11-40-27)16-39-15-18-3-8-21(22(13-18)19-4-6-20(29)7-5-19)26(34)33-24(28(35)36)9-12-41(2,37)38/h3-8,10-11,13-14,23-24H,9,12,15-16H2,1-2H3,(H,31,32)(H,33,34)(H,35,36)/t23?,24-/m0/s1. The fourth-order valence-electron chi connectivity index (χ4n) is 4.18. The Morgan fingerprint density at radius 1 is 1.17 bits per heavy atom. The summed E-state index contributed by atoms with van der Waals surface area (Å²) in [6.45, 7) is 2.36. The van der Waals surface area contributed by atoms with E-state index >= 15 is 0 Å². The lowest BCUT2D eigenvalue weighted by Crippen LogP contribution is -2.42. The fourth-order valence-corrected chi connectivity index (χ4v) is 5.59. The SMILES string of the molecule is Cc1ncc(C(COCc2ccc(C(=O)N[C@@H](CCS(C)(=O)=O)C(=O)O)c(-c3ccc(F)cc3)c2)c2nccs2)[nH]1. The Morgan fingerprint density at radius 2 is 1.93 bits per heavy atom. The van der Waals surface area contributed by atoms with Crippen LogP contribution in [0.2, 0.25) is 0 Å². The predicted octanol–water partition coefficient (Wildman–Crippen LogP) is 3.95. The second-order valence-corrected chi connectivity index (χ2v) is 12.7. The topological polar surface area (TPSA) is 151 Å². The molecule has 0 spiro atoms. The Morgan fingerprint density at radius 3 is 2.54 bits per heavy atom. The number of nitrogens with zero attached hydrogens (tertiary/aromatic N) is 2. The van der Waals surface area contributed by atoms with Gasteiger partial charge in [0.05, 0.1) is 24.9 Å². The number of imidazole rings is 1. The highest BCUT2D eigenvalue weighted by Crippen LogP contribution is 2.28. The molecule has 4 aromatic rings. The third-order valence-corrected chi connectivity index (χ3v) is 8.13. The number of aliphatic carboxylic acids is 1. The normalized spacial score (nSPS) is 13.0. The van der Waals surface area contributed by atoms with Crippen molar-refractivity contribution in [3.8, 4) is 11.1 Å². The first-order valence-electron chi connectivity index (χ1n) is 12.6. The second-order valence-electron chi connectivity index (χ2n) is 9.53. The molecule has 2 atom stereocenters. The van der Waals surface area contributed by atoms with Crippen molar-refractivity contribution in [2.24, 2.45) is 0 Å². The molecule has 3 N–H and O–H groups in total. The molecule has 0 saturated heterocycles. The van der Waals surface area contributed by atoms with Crippen molar-refractivity contribution in [2.75, 3.05) is 18.6 Å². The van der Waals surface area contributed by atoms with E-state index in [1.54, 1.807) is 30.6 Å². The summed E-state index contributed by atoms with van der Waals surface area (Å²) in [5.74, 6) is -2.27. The molecular formula is C28H29FN4O6S2. The van der Waals surface area contributed by atoms with E-state index in [9.17, 15) is 27.5 Å². The van der Waals surface area contributed by atoms with E-state index in [1.165, 1.54) is 35.6 Å². The minimum absolute atomic E-state index is 0.152. The van der Waals surface area contributed by atoms with Gasteiger partial charge in [-0.25, -0.2) is 27.6 Å². The van der Waals surface area contributed by atoms with Crippen LogP contribution in [0.15, 0.2) is 60.2 Å². The van der Waals surface area contributed by atoms with Crippen LogP contribution >= 0.6 is 11.3 Å². The number of carbonyl (C=O) groups is 2. The van der Waals surface area contributed by atoms with Crippen molar-refractivity contribution in [2.45, 2.75) is 31.9 Å². The molecule has 0 aliphatic rings. The van der Waals surface area contributed by atoms with Crippen molar-refractivity contribution in [1.82, 2.24) is 20.3 Å². The monoisotopic (exact) mass is 600 g/mol.